The third-order valence-electron chi connectivity index (χ3n) is 3.43. The molecule has 3 atom stereocenters. The van der Waals surface area contributed by atoms with Crippen molar-refractivity contribution in [2.75, 3.05) is 6.54 Å². The number of fused-ring (bicyclic) bond motifs is 3. The number of rotatable bonds is 0. The van der Waals surface area contributed by atoms with Gasteiger partial charge < -0.3 is 14.7 Å². The Morgan fingerprint density at radius 2 is 2.06 bits per heavy atom. The van der Waals surface area contributed by atoms with E-state index < -0.39 is 5.60 Å². The average Bonchev–Trinajstić information content (AvgIpc) is 2.15. The molecule has 0 aromatic carbocycles. The van der Waals surface area contributed by atoms with Gasteiger partial charge in [0.15, 0.2) is 0 Å². The highest BCUT2D eigenvalue weighted by molar-refractivity contribution is 5.69. The molecule has 0 aromatic heterocycles. The second-order valence-corrected chi connectivity index (χ2v) is 5.93. The number of carbonyl (C=O) groups excluding carboxylic acids is 1. The van der Waals surface area contributed by atoms with Gasteiger partial charge in [-0.3, -0.25) is 0 Å². The van der Waals surface area contributed by atoms with Crippen LogP contribution in [0.2, 0.25) is 0 Å². The minimum Gasteiger partial charge on any atom is -0.444 e. The average molecular weight is 227 g/mol. The number of nitrogens with zero attached hydrogens (tertiary/aromatic N) is 1. The van der Waals surface area contributed by atoms with Crippen LogP contribution in [0.5, 0.6) is 0 Å². The van der Waals surface area contributed by atoms with Crippen LogP contribution in [0.4, 0.5) is 4.79 Å². The van der Waals surface area contributed by atoms with Crippen LogP contribution in [0.3, 0.4) is 0 Å². The van der Waals surface area contributed by atoms with Crippen molar-refractivity contribution in [1.82, 2.24) is 4.90 Å². The predicted octanol–water partition coefficient (Wildman–Crippen LogP) is 1.77. The molecule has 0 aromatic rings. The summed E-state index contributed by atoms with van der Waals surface area (Å²) in [5.41, 5.74) is -0.438. The van der Waals surface area contributed by atoms with Crippen molar-refractivity contribution in [3.05, 3.63) is 0 Å². The van der Waals surface area contributed by atoms with Crippen molar-refractivity contribution < 1.29 is 14.6 Å². The van der Waals surface area contributed by atoms with Gasteiger partial charge in [0, 0.05) is 18.5 Å². The van der Waals surface area contributed by atoms with Crippen molar-refractivity contribution in [2.45, 2.75) is 57.8 Å². The van der Waals surface area contributed by atoms with Crippen LogP contribution in [-0.4, -0.2) is 40.4 Å². The van der Waals surface area contributed by atoms with Gasteiger partial charge >= 0.3 is 6.09 Å². The van der Waals surface area contributed by atoms with Gasteiger partial charge in [0.05, 0.1) is 6.10 Å². The zero-order valence-corrected chi connectivity index (χ0v) is 10.3. The molecule has 1 aliphatic carbocycles. The van der Waals surface area contributed by atoms with Gasteiger partial charge in [-0.05, 0) is 40.0 Å². The van der Waals surface area contributed by atoms with Crippen LogP contribution in [0.25, 0.3) is 0 Å². The molecule has 2 unspecified atom stereocenters. The Morgan fingerprint density at radius 3 is 2.50 bits per heavy atom. The number of aliphatic hydroxyl groups is 1. The van der Waals surface area contributed by atoms with Gasteiger partial charge in [0.2, 0.25) is 0 Å². The quantitative estimate of drug-likeness (QED) is 0.686. The maximum atomic E-state index is 11.9. The van der Waals surface area contributed by atoms with Crippen LogP contribution in [0.15, 0.2) is 0 Å². The normalized spacial score (nSPS) is 34.0. The second kappa shape index (κ2) is 3.91. The lowest BCUT2D eigenvalue weighted by atomic mass is 9.78. The van der Waals surface area contributed by atoms with Gasteiger partial charge in [0.1, 0.15) is 5.60 Å². The summed E-state index contributed by atoms with van der Waals surface area (Å²) in [6.45, 7) is 6.28. The molecule has 0 spiro atoms. The van der Waals surface area contributed by atoms with Crippen LogP contribution in [0.1, 0.15) is 40.0 Å². The summed E-state index contributed by atoms with van der Waals surface area (Å²) in [5, 5.41) is 9.75. The summed E-state index contributed by atoms with van der Waals surface area (Å²) in [4.78, 5) is 13.7. The molecule has 2 heterocycles. The molecule has 4 nitrogen and oxygen atoms in total. The zero-order valence-electron chi connectivity index (χ0n) is 10.3. The van der Waals surface area contributed by atoms with Gasteiger partial charge in [-0.25, -0.2) is 4.79 Å². The Morgan fingerprint density at radius 1 is 1.38 bits per heavy atom. The number of aliphatic hydroxyl groups excluding tert-OH is 1. The number of hydrogen-bond acceptors (Lipinski definition) is 3. The Balaban J connectivity index is 1.99. The van der Waals surface area contributed by atoms with Gasteiger partial charge in [-0.1, -0.05) is 0 Å². The fraction of sp³-hybridized carbons (Fsp3) is 0.917. The fourth-order valence-electron chi connectivity index (χ4n) is 2.63. The molecule has 1 N–H and O–H groups in total. The van der Waals surface area contributed by atoms with E-state index in [9.17, 15) is 9.90 Å². The third-order valence-corrected chi connectivity index (χ3v) is 3.43. The molecule has 3 aliphatic rings. The number of piperidine rings is 2. The molecule has 16 heavy (non-hydrogen) atoms. The maximum Gasteiger partial charge on any atom is 0.410 e. The lowest BCUT2D eigenvalue weighted by Gasteiger charge is -2.47. The summed E-state index contributed by atoms with van der Waals surface area (Å²) in [6.07, 6.45) is 2.29. The first kappa shape index (κ1) is 11.7. The molecule has 1 saturated carbocycles. The smallest absolute Gasteiger partial charge is 0.410 e. The van der Waals surface area contributed by atoms with Crippen LogP contribution in [0, 0.1) is 5.92 Å². The van der Waals surface area contributed by atoms with Crippen molar-refractivity contribution >= 4 is 6.09 Å². The molecule has 2 saturated heterocycles. The topological polar surface area (TPSA) is 49.8 Å². The standard InChI is InChI=1S/C12H21NO3/c1-12(2,3)16-11(15)13-7-8-4-5-9(13)6-10(8)14/h8-10,14H,4-7H2,1-3H3/t8?,9?,10-/m0/s1. The van der Waals surface area contributed by atoms with Gasteiger partial charge in [0.25, 0.3) is 0 Å². The Labute approximate surface area is 96.6 Å². The molecule has 3 fully saturated rings. The number of amides is 1. The highest BCUT2D eigenvalue weighted by Gasteiger charge is 2.42. The minimum absolute atomic E-state index is 0.176. The first-order valence-corrected chi connectivity index (χ1v) is 6.04. The van der Waals surface area contributed by atoms with E-state index in [0.29, 0.717) is 13.0 Å². The summed E-state index contributed by atoms with van der Waals surface area (Å²) in [7, 11) is 0. The summed E-state index contributed by atoms with van der Waals surface area (Å²) >= 11 is 0. The molecule has 92 valence electrons. The van der Waals surface area contributed by atoms with E-state index >= 15 is 0 Å². The largest absolute Gasteiger partial charge is 0.444 e. The predicted molar refractivity (Wildman–Crippen MR) is 60.1 cm³/mol. The minimum atomic E-state index is -0.438. The monoisotopic (exact) mass is 227 g/mol. The van der Waals surface area contributed by atoms with E-state index in [0.717, 1.165) is 12.8 Å². The summed E-state index contributed by atoms with van der Waals surface area (Å²) in [6, 6.07) is 0.176. The van der Waals surface area contributed by atoms with Gasteiger partial charge in [-0.2, -0.15) is 0 Å². The van der Waals surface area contributed by atoms with Crippen LogP contribution < -0.4 is 0 Å². The Kier molecular flexibility index (Phi) is 2.86. The molecule has 0 radical (unpaired) electrons. The van der Waals surface area contributed by atoms with Crippen molar-refractivity contribution in [3.63, 3.8) is 0 Å². The summed E-state index contributed by atoms with van der Waals surface area (Å²) < 4.78 is 5.37. The fourth-order valence-corrected chi connectivity index (χ4v) is 2.63. The highest BCUT2D eigenvalue weighted by Crippen LogP contribution is 2.35. The highest BCUT2D eigenvalue weighted by atomic mass is 16.6. The van der Waals surface area contributed by atoms with E-state index in [1.807, 2.05) is 20.8 Å². The SMILES string of the molecule is CC(C)(C)OC(=O)N1CC2CCC1C[C@@H]2O. The number of ether oxygens (including phenoxy) is 1. The number of carbonyl (C=O) groups is 1. The van der Waals surface area contributed by atoms with E-state index in [1.165, 1.54) is 0 Å². The van der Waals surface area contributed by atoms with Crippen molar-refractivity contribution in [3.8, 4) is 0 Å². The van der Waals surface area contributed by atoms with E-state index in [4.69, 9.17) is 4.74 Å². The molecule has 2 bridgehead atoms. The first-order chi connectivity index (χ1) is 7.37. The lowest BCUT2D eigenvalue weighted by Crippen LogP contribution is -2.56. The zero-order chi connectivity index (χ0) is 11.9. The van der Waals surface area contributed by atoms with E-state index in [2.05, 4.69) is 0 Å². The third kappa shape index (κ3) is 2.32. The first-order valence-electron chi connectivity index (χ1n) is 6.04. The molecule has 3 rings (SSSR count). The Hall–Kier alpha value is -0.770. The van der Waals surface area contributed by atoms with Crippen LogP contribution >= 0.6 is 0 Å². The maximum absolute atomic E-state index is 11.9. The second-order valence-electron chi connectivity index (χ2n) is 5.93. The Bertz CT molecular complexity index is 284. The van der Waals surface area contributed by atoms with E-state index in [1.54, 1.807) is 4.90 Å². The lowest BCUT2D eigenvalue weighted by molar-refractivity contribution is -0.0584. The molecule has 1 amide bonds. The molecule has 2 aliphatic heterocycles. The molecular weight excluding hydrogens is 206 g/mol. The van der Waals surface area contributed by atoms with Crippen molar-refractivity contribution in [1.29, 1.82) is 0 Å². The van der Waals surface area contributed by atoms with Crippen LogP contribution in [-0.2, 0) is 4.74 Å². The molecular formula is C12H21NO3. The molecule has 4 heteroatoms. The van der Waals surface area contributed by atoms with Crippen molar-refractivity contribution in [2.24, 2.45) is 5.92 Å². The van der Waals surface area contributed by atoms with E-state index in [-0.39, 0.29) is 24.2 Å². The number of hydrogen-bond donors (Lipinski definition) is 1. The van der Waals surface area contributed by atoms with Gasteiger partial charge in [-0.15, -0.1) is 0 Å². The summed E-state index contributed by atoms with van der Waals surface area (Å²) in [5.74, 6) is 0.248.